The van der Waals surface area contributed by atoms with Crippen molar-refractivity contribution < 1.29 is 9.13 Å². The van der Waals surface area contributed by atoms with Crippen molar-refractivity contribution >= 4 is 0 Å². The Balaban J connectivity index is 1.39. The number of imidazole rings is 2. The fourth-order valence-corrected chi connectivity index (χ4v) is 2.84. The summed E-state index contributed by atoms with van der Waals surface area (Å²) in [5, 5.41) is 0. The first-order chi connectivity index (χ1) is 12.3. The minimum Gasteiger partial charge on any atom is -0.347 e. The minimum absolute atomic E-state index is 0.698. The maximum absolute atomic E-state index is 3.35. The lowest BCUT2D eigenvalue weighted by atomic mass is 10.2. The lowest BCUT2D eigenvalue weighted by molar-refractivity contribution is -0.692. The Morgan fingerprint density at radius 1 is 0.640 bits per heavy atom. The summed E-state index contributed by atoms with van der Waals surface area (Å²) >= 11 is 0. The Morgan fingerprint density at radius 3 is 1.52 bits per heavy atom. The molecule has 2 heterocycles. The molecule has 0 aliphatic heterocycles. The first kappa shape index (κ1) is 15.4. The molecule has 25 heavy (non-hydrogen) atoms. The lowest BCUT2D eigenvalue weighted by Crippen LogP contribution is -2.33. The van der Waals surface area contributed by atoms with E-state index in [0.717, 1.165) is 13.1 Å². The average Bonchev–Trinajstić information content (AvgIpc) is 3.27. The Morgan fingerprint density at radius 2 is 1.08 bits per heavy atom. The van der Waals surface area contributed by atoms with Crippen LogP contribution in [-0.2, 0) is 19.8 Å². The SMILES string of the molecule is [c-]1n(Cn2[c-][n+](Cc3ccccc3)cc2)cc[n+]1Cc1ccccc1. The molecule has 0 unspecified atom stereocenters. The van der Waals surface area contributed by atoms with Gasteiger partial charge < -0.3 is 18.3 Å². The van der Waals surface area contributed by atoms with Gasteiger partial charge in [0.2, 0.25) is 12.7 Å². The highest BCUT2D eigenvalue weighted by Gasteiger charge is 2.02. The van der Waals surface area contributed by atoms with Crippen molar-refractivity contribution in [3.8, 4) is 0 Å². The van der Waals surface area contributed by atoms with Crippen LogP contribution in [0.4, 0.5) is 0 Å². The Hall–Kier alpha value is -3.14. The van der Waals surface area contributed by atoms with E-state index < -0.39 is 0 Å². The van der Waals surface area contributed by atoms with Gasteiger partial charge in [0.25, 0.3) is 0 Å². The van der Waals surface area contributed by atoms with Crippen molar-refractivity contribution in [2.75, 3.05) is 0 Å². The molecular weight excluding hydrogens is 308 g/mol. The molecule has 4 heteroatoms. The number of hydrogen-bond acceptors (Lipinski definition) is 0. The van der Waals surface area contributed by atoms with E-state index in [-0.39, 0.29) is 0 Å². The first-order valence-electron chi connectivity index (χ1n) is 8.39. The highest BCUT2D eigenvalue weighted by atomic mass is 15.2. The van der Waals surface area contributed by atoms with Crippen LogP contribution in [0.1, 0.15) is 11.1 Å². The molecule has 0 radical (unpaired) electrons. The third-order valence-electron chi connectivity index (χ3n) is 4.06. The summed E-state index contributed by atoms with van der Waals surface area (Å²) in [7, 11) is 0. The van der Waals surface area contributed by atoms with E-state index in [9.17, 15) is 0 Å². The van der Waals surface area contributed by atoms with Crippen molar-refractivity contribution in [2.45, 2.75) is 19.8 Å². The second kappa shape index (κ2) is 7.18. The van der Waals surface area contributed by atoms with Crippen LogP contribution in [0, 0.1) is 12.7 Å². The summed E-state index contributed by atoms with van der Waals surface area (Å²) in [5.74, 6) is 0. The van der Waals surface area contributed by atoms with Gasteiger partial charge in [0.05, 0.1) is 13.1 Å². The van der Waals surface area contributed by atoms with E-state index in [0.29, 0.717) is 6.67 Å². The third kappa shape index (κ3) is 4.04. The molecule has 0 saturated heterocycles. The van der Waals surface area contributed by atoms with Gasteiger partial charge in [-0.05, 0) is 35.9 Å². The molecule has 2 aromatic carbocycles. The molecule has 0 spiro atoms. The lowest BCUT2D eigenvalue weighted by Gasteiger charge is -2.03. The molecule has 0 aliphatic rings. The zero-order valence-corrected chi connectivity index (χ0v) is 14.0. The van der Waals surface area contributed by atoms with Crippen molar-refractivity contribution in [1.29, 1.82) is 0 Å². The molecule has 0 amide bonds. The van der Waals surface area contributed by atoms with Gasteiger partial charge in [-0.15, -0.1) is 0 Å². The van der Waals surface area contributed by atoms with Crippen LogP contribution in [-0.4, -0.2) is 9.13 Å². The summed E-state index contributed by atoms with van der Waals surface area (Å²) in [4.78, 5) is 0. The van der Waals surface area contributed by atoms with Crippen molar-refractivity contribution in [3.05, 3.63) is 109 Å². The van der Waals surface area contributed by atoms with Gasteiger partial charge in [-0.25, -0.2) is 0 Å². The topological polar surface area (TPSA) is 17.6 Å². The number of nitrogens with zero attached hydrogens (tertiary/aromatic N) is 4. The smallest absolute Gasteiger partial charge is 0.207 e. The fourth-order valence-electron chi connectivity index (χ4n) is 2.84. The molecule has 0 bridgehead atoms. The van der Waals surface area contributed by atoms with Gasteiger partial charge in [0.15, 0.2) is 6.67 Å². The van der Waals surface area contributed by atoms with Crippen LogP contribution in [0.3, 0.4) is 0 Å². The molecule has 0 N–H and O–H groups in total. The summed E-state index contributed by atoms with van der Waals surface area (Å²) in [6, 6.07) is 20.8. The molecule has 124 valence electrons. The van der Waals surface area contributed by atoms with E-state index in [1.54, 1.807) is 0 Å². The van der Waals surface area contributed by atoms with Crippen LogP contribution < -0.4 is 9.13 Å². The Bertz CT molecular complexity index is 845. The second-order valence-electron chi connectivity index (χ2n) is 6.10. The summed E-state index contributed by atoms with van der Waals surface area (Å²) in [6.07, 6.45) is 14.9. The van der Waals surface area contributed by atoms with Gasteiger partial charge in [0.1, 0.15) is 0 Å². The quantitative estimate of drug-likeness (QED) is 0.381. The van der Waals surface area contributed by atoms with Crippen molar-refractivity contribution in [1.82, 2.24) is 9.13 Å². The number of hydrogen-bond donors (Lipinski definition) is 0. The molecular formula is C21H20N4. The van der Waals surface area contributed by atoms with E-state index in [4.69, 9.17) is 0 Å². The molecule has 0 aliphatic carbocycles. The highest BCUT2D eigenvalue weighted by molar-refractivity contribution is 5.13. The maximum Gasteiger partial charge on any atom is 0.207 e. The van der Waals surface area contributed by atoms with Crippen LogP contribution >= 0.6 is 0 Å². The third-order valence-corrected chi connectivity index (χ3v) is 4.06. The average molecular weight is 328 g/mol. The molecule has 4 nitrogen and oxygen atoms in total. The maximum atomic E-state index is 3.35. The molecule has 2 aromatic heterocycles. The largest absolute Gasteiger partial charge is 0.347 e. The molecule has 4 aromatic rings. The van der Waals surface area contributed by atoms with E-state index in [1.165, 1.54) is 11.1 Å². The van der Waals surface area contributed by atoms with Gasteiger partial charge in [-0.3, -0.25) is 0 Å². The predicted octanol–water partition coefficient (Wildman–Crippen LogP) is 2.07. The zero-order valence-electron chi connectivity index (χ0n) is 14.0. The summed E-state index contributed by atoms with van der Waals surface area (Å²) in [6.45, 7) is 2.36. The van der Waals surface area contributed by atoms with Crippen LogP contribution in [0.2, 0.25) is 0 Å². The number of benzene rings is 2. The van der Waals surface area contributed by atoms with Gasteiger partial charge in [-0.2, -0.15) is 0 Å². The normalized spacial score (nSPS) is 10.9. The van der Waals surface area contributed by atoms with Gasteiger partial charge >= 0.3 is 0 Å². The predicted molar refractivity (Wildman–Crippen MR) is 93.4 cm³/mol. The van der Waals surface area contributed by atoms with Gasteiger partial charge in [-0.1, -0.05) is 60.7 Å². The van der Waals surface area contributed by atoms with Crippen LogP contribution in [0.25, 0.3) is 0 Å². The van der Waals surface area contributed by atoms with E-state index in [2.05, 4.69) is 82.7 Å². The minimum atomic E-state index is 0.698. The molecule has 0 saturated carbocycles. The van der Waals surface area contributed by atoms with Crippen LogP contribution in [0.15, 0.2) is 85.5 Å². The Labute approximate surface area is 147 Å². The Kier molecular flexibility index (Phi) is 4.42. The van der Waals surface area contributed by atoms with Crippen molar-refractivity contribution in [2.24, 2.45) is 0 Å². The van der Waals surface area contributed by atoms with E-state index in [1.807, 2.05) is 33.7 Å². The molecule has 0 atom stereocenters. The fraction of sp³-hybridized carbons (Fsp3) is 0.143. The highest BCUT2D eigenvalue weighted by Crippen LogP contribution is 1.99. The number of rotatable bonds is 6. The standard InChI is InChI=1S/C21H20N4/c1-3-7-20(8-4-1)15-22-11-13-24(17-22)19-25-14-12-23(18-25)16-21-9-5-2-6-10-21/h1-14H,15-16,19H2. The van der Waals surface area contributed by atoms with Gasteiger partial charge in [0, 0.05) is 0 Å². The first-order valence-corrected chi connectivity index (χ1v) is 8.39. The summed E-state index contributed by atoms with van der Waals surface area (Å²) < 4.78 is 8.20. The van der Waals surface area contributed by atoms with Crippen LogP contribution in [0.5, 0.6) is 0 Å². The zero-order chi connectivity index (χ0) is 16.9. The second-order valence-corrected chi connectivity index (χ2v) is 6.10. The van der Waals surface area contributed by atoms with E-state index >= 15 is 0 Å². The monoisotopic (exact) mass is 328 g/mol. The number of aromatic nitrogens is 4. The molecule has 0 fully saturated rings. The van der Waals surface area contributed by atoms with Crippen molar-refractivity contribution in [3.63, 3.8) is 0 Å². The summed E-state index contributed by atoms with van der Waals surface area (Å²) in [5.41, 5.74) is 2.55. The molecule has 4 rings (SSSR count).